The number of pyridine rings is 2. The average Bonchev–Trinajstić information content (AvgIpc) is 3.18. The van der Waals surface area contributed by atoms with Crippen LogP contribution in [0.4, 0.5) is 11.5 Å². The second-order valence-electron chi connectivity index (χ2n) is 8.26. The Morgan fingerprint density at radius 3 is 2.82 bits per heavy atom. The number of para-hydroxylation sites is 1. The molecular formula is C26H27N5O2. The van der Waals surface area contributed by atoms with Crippen LogP contribution in [0.25, 0.3) is 10.9 Å². The molecular weight excluding hydrogens is 414 g/mol. The van der Waals surface area contributed by atoms with Gasteiger partial charge >= 0.3 is 0 Å². The number of nitrogens with zero attached hydrogens (tertiary/aromatic N) is 4. The maximum absolute atomic E-state index is 13.0. The molecule has 1 fully saturated rings. The molecule has 1 aliphatic rings. The molecule has 33 heavy (non-hydrogen) atoms. The molecule has 0 spiro atoms. The van der Waals surface area contributed by atoms with E-state index in [1.807, 2.05) is 47.4 Å². The minimum absolute atomic E-state index is 0.147. The van der Waals surface area contributed by atoms with Gasteiger partial charge < -0.3 is 19.5 Å². The molecule has 4 aromatic rings. The molecule has 1 aromatic carbocycles. The van der Waals surface area contributed by atoms with Gasteiger partial charge in [0.05, 0.1) is 30.7 Å². The van der Waals surface area contributed by atoms with Crippen LogP contribution in [0.3, 0.4) is 0 Å². The quantitative estimate of drug-likeness (QED) is 0.478. The minimum Gasteiger partial charge on any atom is -0.368 e. The third-order valence-corrected chi connectivity index (χ3v) is 6.04. The molecule has 1 atom stereocenters. The van der Waals surface area contributed by atoms with Gasteiger partial charge in [-0.15, -0.1) is 0 Å². The van der Waals surface area contributed by atoms with Crippen molar-refractivity contribution in [2.45, 2.75) is 26.0 Å². The van der Waals surface area contributed by atoms with E-state index in [1.54, 1.807) is 12.4 Å². The molecule has 7 heteroatoms. The van der Waals surface area contributed by atoms with Crippen LogP contribution in [-0.4, -0.2) is 45.0 Å². The number of ether oxygens (including phenoxy) is 1. The van der Waals surface area contributed by atoms with Crippen LogP contribution in [-0.2, 0) is 16.1 Å². The lowest BCUT2D eigenvalue weighted by Crippen LogP contribution is -2.42. The summed E-state index contributed by atoms with van der Waals surface area (Å²) in [5, 5.41) is 4.44. The molecule has 0 unspecified atom stereocenters. The Morgan fingerprint density at radius 2 is 2.00 bits per heavy atom. The van der Waals surface area contributed by atoms with Crippen molar-refractivity contribution in [1.82, 2.24) is 19.4 Å². The maximum Gasteiger partial charge on any atom is 0.224 e. The van der Waals surface area contributed by atoms with Crippen LogP contribution in [0.2, 0.25) is 0 Å². The summed E-state index contributed by atoms with van der Waals surface area (Å²) in [5.74, 6) is 0.914. The van der Waals surface area contributed by atoms with Gasteiger partial charge in [0.1, 0.15) is 11.9 Å². The van der Waals surface area contributed by atoms with Gasteiger partial charge in [0.15, 0.2) is 0 Å². The van der Waals surface area contributed by atoms with Crippen LogP contribution >= 0.6 is 0 Å². The van der Waals surface area contributed by atoms with Crippen molar-refractivity contribution in [2.24, 2.45) is 0 Å². The standard InChI is InChI=1S/C26H27N5O2/c1-19-16-20-6-2-3-7-23(20)31(19)13-11-26(32)30-14-15-33-24(18-30)22-10-9-21(17-28-22)29-25-8-4-5-12-27-25/h2-10,12,16-17,24H,11,13-15,18H2,1H3,(H,27,29)/t24-/m0/s1. The first-order valence-electron chi connectivity index (χ1n) is 11.3. The number of aryl methyl sites for hydroxylation is 2. The molecule has 0 bridgehead atoms. The summed E-state index contributed by atoms with van der Waals surface area (Å²) in [6, 6.07) is 20.1. The first kappa shape index (κ1) is 21.2. The predicted molar refractivity (Wildman–Crippen MR) is 128 cm³/mol. The largest absolute Gasteiger partial charge is 0.368 e. The zero-order valence-electron chi connectivity index (χ0n) is 18.6. The second kappa shape index (κ2) is 9.42. The fourth-order valence-electron chi connectivity index (χ4n) is 4.32. The fraction of sp³-hybridized carbons (Fsp3) is 0.269. The molecule has 168 valence electrons. The highest BCUT2D eigenvalue weighted by atomic mass is 16.5. The molecule has 1 saturated heterocycles. The molecule has 7 nitrogen and oxygen atoms in total. The molecule has 1 N–H and O–H groups in total. The monoisotopic (exact) mass is 441 g/mol. The van der Waals surface area contributed by atoms with Crippen LogP contribution in [0.1, 0.15) is 23.9 Å². The van der Waals surface area contributed by atoms with E-state index < -0.39 is 0 Å². The maximum atomic E-state index is 13.0. The lowest BCUT2D eigenvalue weighted by atomic mass is 10.1. The van der Waals surface area contributed by atoms with Gasteiger partial charge in [-0.2, -0.15) is 0 Å². The van der Waals surface area contributed by atoms with Gasteiger partial charge in [-0.25, -0.2) is 4.98 Å². The van der Waals surface area contributed by atoms with Crippen molar-refractivity contribution in [2.75, 3.05) is 25.0 Å². The van der Waals surface area contributed by atoms with Crippen LogP contribution < -0.4 is 5.32 Å². The molecule has 3 aromatic heterocycles. The predicted octanol–water partition coefficient (Wildman–Crippen LogP) is 4.47. The van der Waals surface area contributed by atoms with Crippen molar-refractivity contribution >= 4 is 28.3 Å². The first-order valence-corrected chi connectivity index (χ1v) is 11.3. The van der Waals surface area contributed by atoms with E-state index >= 15 is 0 Å². The van der Waals surface area contributed by atoms with Gasteiger partial charge in [0.2, 0.25) is 5.91 Å². The zero-order valence-corrected chi connectivity index (χ0v) is 18.6. The Labute approximate surface area is 193 Å². The number of fused-ring (bicyclic) bond motifs is 1. The number of carbonyl (C=O) groups excluding carboxylic acids is 1. The van der Waals surface area contributed by atoms with Crippen LogP contribution in [0, 0.1) is 6.92 Å². The van der Waals surface area contributed by atoms with Gasteiger partial charge in [-0.3, -0.25) is 9.78 Å². The summed E-state index contributed by atoms with van der Waals surface area (Å²) in [4.78, 5) is 23.7. The number of benzene rings is 1. The molecule has 4 heterocycles. The molecule has 1 aliphatic heterocycles. The van der Waals surface area contributed by atoms with E-state index in [1.165, 1.54) is 16.6 Å². The van der Waals surface area contributed by atoms with E-state index in [2.05, 4.69) is 45.0 Å². The van der Waals surface area contributed by atoms with Gasteiger partial charge in [-0.05, 0) is 48.7 Å². The Kier molecular flexibility index (Phi) is 6.04. The molecule has 0 radical (unpaired) electrons. The van der Waals surface area contributed by atoms with E-state index in [4.69, 9.17) is 4.74 Å². The number of morpholine rings is 1. The summed E-state index contributed by atoms with van der Waals surface area (Å²) in [6.45, 7) is 4.40. The van der Waals surface area contributed by atoms with Gasteiger partial charge in [0, 0.05) is 36.9 Å². The fourth-order valence-corrected chi connectivity index (χ4v) is 4.32. The first-order chi connectivity index (χ1) is 16.2. The van der Waals surface area contributed by atoms with Gasteiger partial charge in [0.25, 0.3) is 0 Å². The Balaban J connectivity index is 1.20. The number of hydrogen-bond acceptors (Lipinski definition) is 5. The SMILES string of the molecule is Cc1cc2ccccc2n1CCC(=O)N1CCO[C@H](c2ccc(Nc3ccccn3)cn2)C1. The van der Waals surface area contributed by atoms with Crippen LogP contribution in [0.15, 0.2) is 73.1 Å². The number of hydrogen-bond donors (Lipinski definition) is 1. The van der Waals surface area contributed by atoms with Crippen molar-refractivity contribution < 1.29 is 9.53 Å². The molecule has 5 rings (SSSR count). The highest BCUT2D eigenvalue weighted by molar-refractivity contribution is 5.82. The minimum atomic E-state index is -0.222. The third kappa shape index (κ3) is 4.73. The lowest BCUT2D eigenvalue weighted by molar-refractivity contribution is -0.139. The van der Waals surface area contributed by atoms with E-state index in [9.17, 15) is 4.79 Å². The van der Waals surface area contributed by atoms with E-state index in [0.717, 1.165) is 17.2 Å². The Morgan fingerprint density at radius 1 is 1.12 bits per heavy atom. The summed E-state index contributed by atoms with van der Waals surface area (Å²) >= 11 is 0. The normalized spacial score (nSPS) is 16.2. The Bertz CT molecular complexity index is 1240. The summed E-state index contributed by atoms with van der Waals surface area (Å²) in [6.07, 6.45) is 3.76. The summed E-state index contributed by atoms with van der Waals surface area (Å²) in [5.41, 5.74) is 4.03. The highest BCUT2D eigenvalue weighted by Crippen LogP contribution is 2.24. The van der Waals surface area contributed by atoms with Crippen molar-refractivity contribution in [3.8, 4) is 0 Å². The van der Waals surface area contributed by atoms with Crippen molar-refractivity contribution in [3.05, 3.63) is 84.4 Å². The Hall–Kier alpha value is -3.71. The number of aromatic nitrogens is 3. The molecule has 0 saturated carbocycles. The lowest BCUT2D eigenvalue weighted by Gasteiger charge is -2.33. The topological polar surface area (TPSA) is 72.3 Å². The summed E-state index contributed by atoms with van der Waals surface area (Å²) < 4.78 is 8.16. The van der Waals surface area contributed by atoms with Crippen LogP contribution in [0.5, 0.6) is 0 Å². The van der Waals surface area contributed by atoms with Gasteiger partial charge in [-0.1, -0.05) is 24.3 Å². The van der Waals surface area contributed by atoms with E-state index in [-0.39, 0.29) is 12.0 Å². The third-order valence-electron chi connectivity index (χ3n) is 6.04. The number of nitrogens with one attached hydrogen (secondary N) is 1. The smallest absolute Gasteiger partial charge is 0.224 e. The molecule has 1 amide bonds. The van der Waals surface area contributed by atoms with E-state index in [0.29, 0.717) is 32.7 Å². The van der Waals surface area contributed by atoms with Crippen molar-refractivity contribution in [1.29, 1.82) is 0 Å². The number of rotatable bonds is 6. The van der Waals surface area contributed by atoms with Crippen molar-refractivity contribution in [3.63, 3.8) is 0 Å². The average molecular weight is 442 g/mol. The highest BCUT2D eigenvalue weighted by Gasteiger charge is 2.26. The number of carbonyl (C=O) groups is 1. The summed E-state index contributed by atoms with van der Waals surface area (Å²) in [7, 11) is 0. The second-order valence-corrected chi connectivity index (χ2v) is 8.26. The zero-order chi connectivity index (χ0) is 22.6. The number of anilines is 2. The molecule has 0 aliphatic carbocycles. The number of amides is 1.